The van der Waals surface area contributed by atoms with Gasteiger partial charge in [-0.25, -0.2) is 9.37 Å². The SMILES string of the molecule is CN(CCc1cccs1)c1ncc(F)cc1CO. The fraction of sp³-hybridized carbons (Fsp3) is 0.308. The summed E-state index contributed by atoms with van der Waals surface area (Å²) in [4.78, 5) is 7.28. The number of likely N-dealkylation sites (N-methyl/N-ethyl adjacent to an activating group) is 1. The highest BCUT2D eigenvalue weighted by Crippen LogP contribution is 2.18. The Balaban J connectivity index is 2.06. The van der Waals surface area contributed by atoms with Gasteiger partial charge in [0.25, 0.3) is 0 Å². The second-order valence-corrected chi connectivity index (χ2v) is 5.08. The van der Waals surface area contributed by atoms with Crippen molar-refractivity contribution in [2.75, 3.05) is 18.5 Å². The topological polar surface area (TPSA) is 36.4 Å². The average Bonchev–Trinajstić information content (AvgIpc) is 2.88. The van der Waals surface area contributed by atoms with Gasteiger partial charge in [0.15, 0.2) is 0 Å². The Labute approximate surface area is 110 Å². The fourth-order valence-corrected chi connectivity index (χ4v) is 2.47. The number of anilines is 1. The van der Waals surface area contributed by atoms with E-state index >= 15 is 0 Å². The Morgan fingerprint density at radius 3 is 3.00 bits per heavy atom. The molecule has 3 nitrogen and oxygen atoms in total. The highest BCUT2D eigenvalue weighted by Gasteiger charge is 2.10. The molecule has 0 unspecified atom stereocenters. The summed E-state index contributed by atoms with van der Waals surface area (Å²) in [5.41, 5.74) is 0.517. The molecule has 0 fully saturated rings. The molecule has 0 bridgehead atoms. The number of thiophene rings is 1. The summed E-state index contributed by atoms with van der Waals surface area (Å²) >= 11 is 1.72. The zero-order chi connectivity index (χ0) is 13.0. The van der Waals surface area contributed by atoms with E-state index in [9.17, 15) is 9.50 Å². The normalized spacial score (nSPS) is 10.6. The second kappa shape index (κ2) is 5.93. The zero-order valence-electron chi connectivity index (χ0n) is 10.1. The molecule has 2 rings (SSSR count). The van der Waals surface area contributed by atoms with Gasteiger partial charge in [-0.2, -0.15) is 0 Å². The minimum absolute atomic E-state index is 0.205. The first-order valence-corrected chi connectivity index (χ1v) is 6.57. The molecular formula is C13H15FN2OS. The van der Waals surface area contributed by atoms with Crippen LogP contribution in [0.2, 0.25) is 0 Å². The minimum Gasteiger partial charge on any atom is -0.392 e. The van der Waals surface area contributed by atoms with Crippen molar-refractivity contribution in [1.82, 2.24) is 4.98 Å². The smallest absolute Gasteiger partial charge is 0.142 e. The summed E-state index contributed by atoms with van der Waals surface area (Å²) in [7, 11) is 1.90. The molecule has 18 heavy (non-hydrogen) atoms. The summed E-state index contributed by atoms with van der Waals surface area (Å²) in [6, 6.07) is 5.43. The molecule has 96 valence electrons. The van der Waals surface area contributed by atoms with Crippen LogP contribution in [0.3, 0.4) is 0 Å². The van der Waals surface area contributed by atoms with Crippen molar-refractivity contribution in [3.8, 4) is 0 Å². The molecule has 0 aromatic carbocycles. The summed E-state index contributed by atoms with van der Waals surface area (Å²) in [5, 5.41) is 11.3. The van der Waals surface area contributed by atoms with Gasteiger partial charge in [-0.05, 0) is 23.9 Å². The third kappa shape index (κ3) is 3.05. The van der Waals surface area contributed by atoms with Crippen LogP contribution in [0.15, 0.2) is 29.8 Å². The van der Waals surface area contributed by atoms with E-state index in [1.54, 1.807) is 11.3 Å². The largest absolute Gasteiger partial charge is 0.392 e. The first-order valence-electron chi connectivity index (χ1n) is 5.69. The number of aliphatic hydroxyl groups excluding tert-OH is 1. The van der Waals surface area contributed by atoms with Gasteiger partial charge < -0.3 is 10.0 Å². The number of rotatable bonds is 5. The van der Waals surface area contributed by atoms with Crippen LogP contribution >= 0.6 is 11.3 Å². The van der Waals surface area contributed by atoms with Crippen molar-refractivity contribution in [2.45, 2.75) is 13.0 Å². The number of aromatic nitrogens is 1. The Kier molecular flexibility index (Phi) is 4.28. The molecule has 0 saturated carbocycles. The lowest BCUT2D eigenvalue weighted by molar-refractivity contribution is 0.281. The zero-order valence-corrected chi connectivity index (χ0v) is 11.0. The standard InChI is InChI=1S/C13H15FN2OS/c1-16(5-4-12-3-2-6-18-12)13-10(9-17)7-11(14)8-15-13/h2-3,6-8,17H,4-5,9H2,1H3. The number of aliphatic hydroxyl groups is 1. The van der Waals surface area contributed by atoms with Crippen molar-refractivity contribution in [2.24, 2.45) is 0 Å². The van der Waals surface area contributed by atoms with Crippen molar-refractivity contribution >= 4 is 17.2 Å². The van der Waals surface area contributed by atoms with Crippen molar-refractivity contribution in [3.05, 3.63) is 46.0 Å². The highest BCUT2D eigenvalue weighted by molar-refractivity contribution is 7.09. The number of hydrogen-bond donors (Lipinski definition) is 1. The van der Waals surface area contributed by atoms with Gasteiger partial charge in [0.1, 0.15) is 11.6 Å². The summed E-state index contributed by atoms with van der Waals surface area (Å²) in [6.07, 6.45) is 2.09. The van der Waals surface area contributed by atoms with Gasteiger partial charge in [-0.3, -0.25) is 0 Å². The van der Waals surface area contributed by atoms with Crippen LogP contribution in [0.25, 0.3) is 0 Å². The maximum Gasteiger partial charge on any atom is 0.142 e. The Hall–Kier alpha value is -1.46. The van der Waals surface area contributed by atoms with Crippen LogP contribution in [0, 0.1) is 5.82 Å². The number of pyridine rings is 1. The van der Waals surface area contributed by atoms with Crippen molar-refractivity contribution in [3.63, 3.8) is 0 Å². The van der Waals surface area contributed by atoms with Crippen LogP contribution in [0.1, 0.15) is 10.4 Å². The molecule has 0 amide bonds. The molecule has 1 N–H and O–H groups in total. The number of halogens is 1. The molecule has 5 heteroatoms. The minimum atomic E-state index is -0.422. The van der Waals surface area contributed by atoms with E-state index in [-0.39, 0.29) is 6.61 Å². The summed E-state index contributed by atoms with van der Waals surface area (Å²) in [5.74, 6) is 0.213. The lowest BCUT2D eigenvalue weighted by atomic mass is 10.2. The lowest BCUT2D eigenvalue weighted by Crippen LogP contribution is -2.22. The molecule has 0 aliphatic rings. The quantitative estimate of drug-likeness (QED) is 0.903. The molecule has 2 heterocycles. The Morgan fingerprint density at radius 1 is 1.50 bits per heavy atom. The van der Waals surface area contributed by atoms with Crippen LogP contribution in [0.5, 0.6) is 0 Å². The summed E-state index contributed by atoms with van der Waals surface area (Å²) in [6.45, 7) is 0.579. The third-order valence-electron chi connectivity index (χ3n) is 2.72. The van der Waals surface area contributed by atoms with E-state index in [1.807, 2.05) is 23.4 Å². The van der Waals surface area contributed by atoms with Gasteiger partial charge >= 0.3 is 0 Å². The van der Waals surface area contributed by atoms with Gasteiger partial charge in [0, 0.05) is 24.0 Å². The van der Waals surface area contributed by atoms with Crippen molar-refractivity contribution in [1.29, 1.82) is 0 Å². The number of nitrogens with zero attached hydrogens (tertiary/aromatic N) is 2. The third-order valence-corrected chi connectivity index (χ3v) is 3.65. The molecule has 2 aromatic heterocycles. The van der Waals surface area contributed by atoms with Crippen molar-refractivity contribution < 1.29 is 9.50 Å². The van der Waals surface area contributed by atoms with Gasteiger partial charge in [0.2, 0.25) is 0 Å². The Morgan fingerprint density at radius 2 is 2.33 bits per heavy atom. The Bertz CT molecular complexity index is 502. The first-order chi connectivity index (χ1) is 8.70. The van der Waals surface area contributed by atoms with E-state index in [4.69, 9.17) is 0 Å². The van der Waals surface area contributed by atoms with Crippen LogP contribution in [-0.2, 0) is 13.0 Å². The predicted octanol–water partition coefficient (Wildman–Crippen LogP) is 2.45. The maximum absolute atomic E-state index is 13.0. The highest BCUT2D eigenvalue weighted by atomic mass is 32.1. The summed E-state index contributed by atoms with van der Waals surface area (Å²) < 4.78 is 13.0. The van der Waals surface area contributed by atoms with E-state index < -0.39 is 5.82 Å². The van der Waals surface area contributed by atoms with Gasteiger partial charge in [-0.15, -0.1) is 11.3 Å². The molecule has 0 atom stereocenters. The molecular weight excluding hydrogens is 251 g/mol. The monoisotopic (exact) mass is 266 g/mol. The lowest BCUT2D eigenvalue weighted by Gasteiger charge is -2.20. The van der Waals surface area contributed by atoms with E-state index in [2.05, 4.69) is 11.1 Å². The molecule has 0 saturated heterocycles. The van der Waals surface area contributed by atoms with Gasteiger partial charge in [0.05, 0.1) is 12.8 Å². The molecule has 0 aliphatic heterocycles. The van der Waals surface area contributed by atoms with E-state index in [0.29, 0.717) is 11.4 Å². The molecule has 0 aliphatic carbocycles. The van der Waals surface area contributed by atoms with E-state index in [1.165, 1.54) is 17.1 Å². The van der Waals surface area contributed by atoms with Crippen LogP contribution in [-0.4, -0.2) is 23.7 Å². The molecule has 2 aromatic rings. The maximum atomic E-state index is 13.0. The van der Waals surface area contributed by atoms with Gasteiger partial charge in [-0.1, -0.05) is 6.07 Å². The fourth-order valence-electron chi connectivity index (χ4n) is 1.77. The second-order valence-electron chi connectivity index (χ2n) is 4.05. The van der Waals surface area contributed by atoms with Crippen LogP contribution < -0.4 is 4.90 Å². The average molecular weight is 266 g/mol. The molecule has 0 radical (unpaired) electrons. The number of hydrogen-bond acceptors (Lipinski definition) is 4. The van der Waals surface area contributed by atoms with E-state index in [0.717, 1.165) is 13.0 Å². The van der Waals surface area contributed by atoms with Crippen LogP contribution in [0.4, 0.5) is 10.2 Å². The first kappa shape index (κ1) is 13.0. The molecule has 0 spiro atoms. The predicted molar refractivity (Wildman–Crippen MR) is 71.4 cm³/mol.